The molecule has 1 heterocycles. The van der Waals surface area contributed by atoms with Crippen LogP contribution in [0.25, 0.3) is 0 Å². The van der Waals surface area contributed by atoms with E-state index in [1.165, 1.54) is 25.1 Å². The average Bonchev–Trinajstić information content (AvgIpc) is 2.67. The van der Waals surface area contributed by atoms with Gasteiger partial charge in [0.1, 0.15) is 5.82 Å². The zero-order chi connectivity index (χ0) is 12.7. The van der Waals surface area contributed by atoms with Crippen LogP contribution >= 0.6 is 0 Å². The van der Waals surface area contributed by atoms with Crippen molar-refractivity contribution in [2.45, 2.75) is 52.5 Å². The van der Waals surface area contributed by atoms with Crippen molar-refractivity contribution < 1.29 is 0 Å². The van der Waals surface area contributed by atoms with Crippen LogP contribution < -0.4 is 5.32 Å². The summed E-state index contributed by atoms with van der Waals surface area (Å²) in [5, 5.41) is 3.65. The van der Waals surface area contributed by atoms with Crippen molar-refractivity contribution in [3.05, 3.63) is 18.2 Å². The van der Waals surface area contributed by atoms with E-state index in [1.807, 2.05) is 12.4 Å². The van der Waals surface area contributed by atoms with Crippen molar-refractivity contribution >= 4 is 0 Å². The third kappa shape index (κ3) is 5.35. The minimum Gasteiger partial charge on any atom is -0.338 e. The molecule has 1 aromatic rings. The van der Waals surface area contributed by atoms with Crippen molar-refractivity contribution in [3.8, 4) is 0 Å². The average molecular weight is 237 g/mol. The van der Waals surface area contributed by atoms with Gasteiger partial charge in [0.25, 0.3) is 0 Å². The van der Waals surface area contributed by atoms with Crippen molar-refractivity contribution in [2.75, 3.05) is 6.54 Å². The van der Waals surface area contributed by atoms with Crippen LogP contribution in [-0.4, -0.2) is 22.1 Å². The Hall–Kier alpha value is -0.830. The van der Waals surface area contributed by atoms with Crippen LogP contribution in [0, 0.1) is 5.92 Å². The first-order chi connectivity index (χ1) is 8.13. The molecule has 1 aromatic heterocycles. The van der Waals surface area contributed by atoms with Crippen LogP contribution in [0.5, 0.6) is 0 Å². The molecule has 1 atom stereocenters. The molecular weight excluding hydrogens is 210 g/mol. The number of aryl methyl sites for hydroxylation is 2. The van der Waals surface area contributed by atoms with Gasteiger partial charge in [-0.2, -0.15) is 0 Å². The first kappa shape index (κ1) is 14.2. The Morgan fingerprint density at radius 1 is 1.41 bits per heavy atom. The van der Waals surface area contributed by atoms with E-state index in [9.17, 15) is 0 Å². The van der Waals surface area contributed by atoms with Crippen molar-refractivity contribution in [1.29, 1.82) is 0 Å². The van der Waals surface area contributed by atoms with E-state index in [4.69, 9.17) is 0 Å². The van der Waals surface area contributed by atoms with Crippen LogP contribution in [0.1, 0.15) is 45.9 Å². The summed E-state index contributed by atoms with van der Waals surface area (Å²) in [7, 11) is 2.07. The molecule has 0 amide bonds. The van der Waals surface area contributed by atoms with Crippen molar-refractivity contribution in [2.24, 2.45) is 13.0 Å². The van der Waals surface area contributed by atoms with Gasteiger partial charge >= 0.3 is 0 Å². The maximum Gasteiger partial charge on any atom is 0.108 e. The summed E-state index contributed by atoms with van der Waals surface area (Å²) in [6.07, 6.45) is 8.61. The predicted octanol–water partition coefficient (Wildman–Crippen LogP) is 2.77. The highest BCUT2D eigenvalue weighted by Gasteiger charge is 2.11. The lowest BCUT2D eigenvalue weighted by Gasteiger charge is -2.20. The molecule has 0 bridgehead atoms. The number of nitrogens with zero attached hydrogens (tertiary/aromatic N) is 2. The SMILES string of the molecule is CCCNC(CCc1nccn1C)CC(C)C. The predicted molar refractivity (Wildman–Crippen MR) is 73.1 cm³/mol. The molecule has 0 radical (unpaired) electrons. The molecule has 3 heteroatoms. The number of hydrogen-bond acceptors (Lipinski definition) is 2. The zero-order valence-electron chi connectivity index (χ0n) is 11.7. The minimum absolute atomic E-state index is 0.631. The normalized spacial score (nSPS) is 13.2. The van der Waals surface area contributed by atoms with Gasteiger partial charge in [-0.25, -0.2) is 4.98 Å². The van der Waals surface area contributed by atoms with E-state index in [0.29, 0.717) is 6.04 Å². The van der Waals surface area contributed by atoms with Gasteiger partial charge in [-0.05, 0) is 31.7 Å². The molecule has 0 saturated heterocycles. The fourth-order valence-corrected chi connectivity index (χ4v) is 2.16. The summed E-state index contributed by atoms with van der Waals surface area (Å²) in [6.45, 7) is 7.93. The number of nitrogens with one attached hydrogen (secondary N) is 1. The quantitative estimate of drug-likeness (QED) is 0.753. The Morgan fingerprint density at radius 2 is 2.18 bits per heavy atom. The Balaban J connectivity index is 2.40. The molecule has 0 aliphatic heterocycles. The van der Waals surface area contributed by atoms with Gasteiger partial charge in [-0.3, -0.25) is 0 Å². The molecule has 0 saturated carbocycles. The second-order valence-electron chi connectivity index (χ2n) is 5.27. The van der Waals surface area contributed by atoms with Gasteiger partial charge in [-0.15, -0.1) is 0 Å². The molecule has 1 rings (SSSR count). The van der Waals surface area contributed by atoms with E-state index in [1.54, 1.807) is 0 Å². The maximum atomic E-state index is 4.38. The molecule has 3 nitrogen and oxygen atoms in total. The Kier molecular flexibility index (Phi) is 6.27. The highest BCUT2D eigenvalue weighted by atomic mass is 15.0. The Bertz CT molecular complexity index is 304. The maximum absolute atomic E-state index is 4.38. The van der Waals surface area contributed by atoms with E-state index in [-0.39, 0.29) is 0 Å². The molecular formula is C14H27N3. The Morgan fingerprint density at radius 3 is 2.71 bits per heavy atom. The summed E-state index contributed by atoms with van der Waals surface area (Å²) >= 11 is 0. The molecule has 1 unspecified atom stereocenters. The van der Waals surface area contributed by atoms with Crippen LogP contribution in [0.15, 0.2) is 12.4 Å². The third-order valence-corrected chi connectivity index (χ3v) is 3.08. The highest BCUT2D eigenvalue weighted by Crippen LogP contribution is 2.11. The molecule has 98 valence electrons. The zero-order valence-corrected chi connectivity index (χ0v) is 11.7. The summed E-state index contributed by atoms with van der Waals surface area (Å²) in [4.78, 5) is 4.38. The second kappa shape index (κ2) is 7.49. The molecule has 0 spiro atoms. The van der Waals surface area contributed by atoms with Crippen LogP contribution in [0.4, 0.5) is 0 Å². The van der Waals surface area contributed by atoms with E-state index in [2.05, 4.69) is 42.7 Å². The van der Waals surface area contributed by atoms with Gasteiger partial charge in [0, 0.05) is 31.9 Å². The summed E-state index contributed by atoms with van der Waals surface area (Å²) in [5.41, 5.74) is 0. The number of rotatable bonds is 8. The van der Waals surface area contributed by atoms with Gasteiger partial charge in [0.05, 0.1) is 0 Å². The minimum atomic E-state index is 0.631. The van der Waals surface area contributed by atoms with E-state index in [0.717, 1.165) is 18.9 Å². The second-order valence-corrected chi connectivity index (χ2v) is 5.27. The smallest absolute Gasteiger partial charge is 0.108 e. The first-order valence-electron chi connectivity index (χ1n) is 6.83. The lowest BCUT2D eigenvalue weighted by atomic mass is 9.99. The molecule has 1 N–H and O–H groups in total. The fraction of sp³-hybridized carbons (Fsp3) is 0.786. The largest absolute Gasteiger partial charge is 0.338 e. The summed E-state index contributed by atoms with van der Waals surface area (Å²) in [5.74, 6) is 1.95. The highest BCUT2D eigenvalue weighted by molar-refractivity contribution is 4.92. The number of hydrogen-bond donors (Lipinski definition) is 1. The summed E-state index contributed by atoms with van der Waals surface area (Å²) < 4.78 is 2.12. The van der Waals surface area contributed by atoms with Crippen molar-refractivity contribution in [3.63, 3.8) is 0 Å². The monoisotopic (exact) mass is 237 g/mol. The third-order valence-electron chi connectivity index (χ3n) is 3.08. The van der Waals surface area contributed by atoms with Crippen LogP contribution in [0.3, 0.4) is 0 Å². The topological polar surface area (TPSA) is 29.9 Å². The number of imidazole rings is 1. The molecule has 0 aliphatic rings. The molecule has 0 fully saturated rings. The van der Waals surface area contributed by atoms with E-state index >= 15 is 0 Å². The Labute approximate surface area is 106 Å². The standard InChI is InChI=1S/C14H27N3/c1-5-8-15-13(11-12(2)3)6-7-14-16-9-10-17(14)4/h9-10,12-13,15H,5-8,11H2,1-4H3. The summed E-state index contributed by atoms with van der Waals surface area (Å²) in [6, 6.07) is 0.631. The molecule has 0 aliphatic carbocycles. The molecule has 0 aromatic carbocycles. The van der Waals surface area contributed by atoms with Gasteiger partial charge < -0.3 is 9.88 Å². The van der Waals surface area contributed by atoms with Crippen molar-refractivity contribution in [1.82, 2.24) is 14.9 Å². The van der Waals surface area contributed by atoms with Crippen LogP contribution in [-0.2, 0) is 13.5 Å². The fourth-order valence-electron chi connectivity index (χ4n) is 2.16. The van der Waals surface area contributed by atoms with Gasteiger partial charge in [0.15, 0.2) is 0 Å². The lowest BCUT2D eigenvalue weighted by Crippen LogP contribution is -2.31. The lowest BCUT2D eigenvalue weighted by molar-refractivity contribution is 0.395. The van der Waals surface area contributed by atoms with Gasteiger partial charge in [0.2, 0.25) is 0 Å². The first-order valence-corrected chi connectivity index (χ1v) is 6.83. The number of aromatic nitrogens is 2. The van der Waals surface area contributed by atoms with E-state index < -0.39 is 0 Å². The van der Waals surface area contributed by atoms with Gasteiger partial charge in [-0.1, -0.05) is 20.8 Å². The van der Waals surface area contributed by atoms with Crippen LogP contribution in [0.2, 0.25) is 0 Å². The molecule has 17 heavy (non-hydrogen) atoms.